The molecule has 0 radical (unpaired) electrons. The summed E-state index contributed by atoms with van der Waals surface area (Å²) in [5.74, 6) is 0.248. The van der Waals surface area contributed by atoms with Crippen molar-refractivity contribution in [3.63, 3.8) is 0 Å². The van der Waals surface area contributed by atoms with Crippen LogP contribution in [0.4, 0.5) is 11.6 Å². The molecule has 0 unspecified atom stereocenters. The second-order valence-corrected chi connectivity index (χ2v) is 6.25. The lowest BCUT2D eigenvalue weighted by molar-refractivity contribution is -0.116. The van der Waals surface area contributed by atoms with Crippen molar-refractivity contribution in [1.82, 2.24) is 14.9 Å². The molecule has 3 rings (SSSR count). The summed E-state index contributed by atoms with van der Waals surface area (Å²) in [5.41, 5.74) is 1.00. The smallest absolute Gasteiger partial charge is 0.337 e. The monoisotopic (exact) mass is 369 g/mol. The fourth-order valence-corrected chi connectivity index (χ4v) is 2.95. The first-order valence-electron chi connectivity index (χ1n) is 8.88. The lowest BCUT2D eigenvalue weighted by atomic mass is 10.2. The second-order valence-electron chi connectivity index (χ2n) is 6.25. The standard InChI is InChI=1S/C19H23N5O3/c1-27-18(26)15-4-2-5-16(14-15)22-17(25)6-9-23-10-12-24(13-11-23)19-20-7-3-8-21-19/h2-5,7-8,14H,6,9-13H2,1H3,(H,22,25). The van der Waals surface area contributed by atoms with Gasteiger partial charge < -0.3 is 15.0 Å². The normalized spacial score (nSPS) is 14.6. The summed E-state index contributed by atoms with van der Waals surface area (Å²) in [6.07, 6.45) is 3.88. The molecule has 27 heavy (non-hydrogen) atoms. The zero-order chi connectivity index (χ0) is 19.1. The highest BCUT2D eigenvalue weighted by Gasteiger charge is 2.19. The predicted molar refractivity (Wildman–Crippen MR) is 102 cm³/mol. The van der Waals surface area contributed by atoms with Gasteiger partial charge in [-0.1, -0.05) is 6.07 Å². The zero-order valence-electron chi connectivity index (χ0n) is 15.3. The van der Waals surface area contributed by atoms with E-state index in [0.717, 1.165) is 32.1 Å². The number of amides is 1. The molecule has 1 amide bonds. The summed E-state index contributed by atoms with van der Waals surface area (Å²) in [6.45, 7) is 4.10. The lowest BCUT2D eigenvalue weighted by Gasteiger charge is -2.34. The largest absolute Gasteiger partial charge is 0.465 e. The van der Waals surface area contributed by atoms with Crippen LogP contribution >= 0.6 is 0 Å². The first-order valence-corrected chi connectivity index (χ1v) is 8.88. The topological polar surface area (TPSA) is 87.7 Å². The Labute approximate surface area is 158 Å². The molecule has 0 aliphatic carbocycles. The van der Waals surface area contributed by atoms with E-state index in [1.54, 1.807) is 42.7 Å². The SMILES string of the molecule is COC(=O)c1cccc(NC(=O)CCN2CCN(c3ncccn3)CC2)c1. The van der Waals surface area contributed by atoms with Gasteiger partial charge in [0.2, 0.25) is 11.9 Å². The highest BCUT2D eigenvalue weighted by Crippen LogP contribution is 2.13. The number of hydrogen-bond acceptors (Lipinski definition) is 7. The van der Waals surface area contributed by atoms with E-state index in [2.05, 4.69) is 25.1 Å². The average Bonchev–Trinajstić information content (AvgIpc) is 2.73. The van der Waals surface area contributed by atoms with Crippen molar-refractivity contribution in [3.05, 3.63) is 48.3 Å². The van der Waals surface area contributed by atoms with Crippen molar-refractivity contribution in [2.45, 2.75) is 6.42 Å². The van der Waals surface area contributed by atoms with Crippen LogP contribution in [0.5, 0.6) is 0 Å². The van der Waals surface area contributed by atoms with Gasteiger partial charge in [0, 0.05) is 57.2 Å². The molecule has 142 valence electrons. The van der Waals surface area contributed by atoms with Crippen LogP contribution in [0.15, 0.2) is 42.7 Å². The van der Waals surface area contributed by atoms with E-state index in [-0.39, 0.29) is 5.91 Å². The molecule has 1 aliphatic rings. The number of rotatable bonds is 6. The van der Waals surface area contributed by atoms with E-state index >= 15 is 0 Å². The maximum absolute atomic E-state index is 12.2. The van der Waals surface area contributed by atoms with Crippen molar-refractivity contribution in [2.24, 2.45) is 0 Å². The summed E-state index contributed by atoms with van der Waals surface area (Å²) in [6, 6.07) is 8.54. The van der Waals surface area contributed by atoms with Crippen LogP contribution in [0.2, 0.25) is 0 Å². The number of carbonyl (C=O) groups excluding carboxylic acids is 2. The Hall–Kier alpha value is -3.00. The van der Waals surface area contributed by atoms with Crippen molar-refractivity contribution < 1.29 is 14.3 Å². The third-order valence-electron chi connectivity index (χ3n) is 4.43. The fourth-order valence-electron chi connectivity index (χ4n) is 2.95. The molecule has 1 N–H and O–H groups in total. The number of benzene rings is 1. The molecule has 0 atom stereocenters. The van der Waals surface area contributed by atoms with Gasteiger partial charge in [-0.3, -0.25) is 9.69 Å². The number of nitrogens with zero attached hydrogens (tertiary/aromatic N) is 4. The van der Waals surface area contributed by atoms with Gasteiger partial charge in [-0.2, -0.15) is 0 Å². The first kappa shape index (κ1) is 18.8. The number of aromatic nitrogens is 2. The van der Waals surface area contributed by atoms with Crippen LogP contribution in [-0.2, 0) is 9.53 Å². The molecule has 0 spiro atoms. The number of ether oxygens (including phenoxy) is 1. The fraction of sp³-hybridized carbons (Fsp3) is 0.368. The number of piperazine rings is 1. The highest BCUT2D eigenvalue weighted by molar-refractivity contribution is 5.94. The van der Waals surface area contributed by atoms with Crippen molar-refractivity contribution in [2.75, 3.05) is 50.1 Å². The van der Waals surface area contributed by atoms with Gasteiger partial charge in [0.25, 0.3) is 0 Å². The molecule has 2 aromatic rings. The van der Waals surface area contributed by atoms with E-state index < -0.39 is 5.97 Å². The summed E-state index contributed by atoms with van der Waals surface area (Å²) in [5, 5.41) is 2.83. The Bertz CT molecular complexity index is 776. The molecule has 1 saturated heterocycles. The Balaban J connectivity index is 1.43. The predicted octanol–water partition coefficient (Wildman–Crippen LogP) is 1.41. The minimum atomic E-state index is -0.425. The number of methoxy groups -OCH3 is 1. The van der Waals surface area contributed by atoms with Gasteiger partial charge in [0.05, 0.1) is 12.7 Å². The van der Waals surface area contributed by atoms with Crippen molar-refractivity contribution in [3.8, 4) is 0 Å². The number of esters is 1. The highest BCUT2D eigenvalue weighted by atomic mass is 16.5. The molecular weight excluding hydrogens is 346 g/mol. The Morgan fingerprint density at radius 2 is 1.85 bits per heavy atom. The minimum absolute atomic E-state index is 0.0779. The summed E-state index contributed by atoms with van der Waals surface area (Å²) >= 11 is 0. The third kappa shape index (κ3) is 5.24. The minimum Gasteiger partial charge on any atom is -0.465 e. The van der Waals surface area contributed by atoms with Crippen LogP contribution in [-0.4, -0.2) is 66.6 Å². The van der Waals surface area contributed by atoms with E-state index in [0.29, 0.717) is 24.2 Å². The van der Waals surface area contributed by atoms with Crippen LogP contribution < -0.4 is 10.2 Å². The van der Waals surface area contributed by atoms with Gasteiger partial charge in [0.15, 0.2) is 0 Å². The van der Waals surface area contributed by atoms with Gasteiger partial charge in [-0.05, 0) is 24.3 Å². The van der Waals surface area contributed by atoms with Crippen LogP contribution in [0.1, 0.15) is 16.8 Å². The van der Waals surface area contributed by atoms with Crippen LogP contribution in [0.25, 0.3) is 0 Å². The molecule has 0 saturated carbocycles. The van der Waals surface area contributed by atoms with Gasteiger partial charge in [-0.25, -0.2) is 14.8 Å². The number of anilines is 2. The van der Waals surface area contributed by atoms with Crippen LogP contribution in [0.3, 0.4) is 0 Å². The van der Waals surface area contributed by atoms with Gasteiger partial charge in [0.1, 0.15) is 0 Å². The molecular formula is C19H23N5O3. The quantitative estimate of drug-likeness (QED) is 0.771. The molecule has 8 nitrogen and oxygen atoms in total. The third-order valence-corrected chi connectivity index (χ3v) is 4.43. The molecule has 8 heteroatoms. The first-order chi connectivity index (χ1) is 13.2. The summed E-state index contributed by atoms with van der Waals surface area (Å²) < 4.78 is 4.69. The molecule has 1 fully saturated rings. The summed E-state index contributed by atoms with van der Waals surface area (Å²) in [4.78, 5) is 36.7. The number of nitrogens with one attached hydrogen (secondary N) is 1. The van der Waals surface area contributed by atoms with Crippen LogP contribution in [0, 0.1) is 0 Å². The van der Waals surface area contributed by atoms with Gasteiger partial charge in [-0.15, -0.1) is 0 Å². The molecule has 0 bridgehead atoms. The van der Waals surface area contributed by atoms with Gasteiger partial charge >= 0.3 is 5.97 Å². The maximum Gasteiger partial charge on any atom is 0.337 e. The number of hydrogen-bond donors (Lipinski definition) is 1. The lowest BCUT2D eigenvalue weighted by Crippen LogP contribution is -2.47. The average molecular weight is 369 g/mol. The Morgan fingerprint density at radius 1 is 1.11 bits per heavy atom. The van der Waals surface area contributed by atoms with Crippen molar-refractivity contribution >= 4 is 23.5 Å². The Morgan fingerprint density at radius 3 is 2.56 bits per heavy atom. The van der Waals surface area contributed by atoms with E-state index in [1.807, 2.05) is 0 Å². The Kier molecular flexibility index (Phi) is 6.32. The molecule has 1 aromatic heterocycles. The number of carbonyl (C=O) groups is 2. The molecule has 1 aromatic carbocycles. The molecule has 2 heterocycles. The maximum atomic E-state index is 12.2. The van der Waals surface area contributed by atoms with E-state index in [1.165, 1.54) is 7.11 Å². The second kappa shape index (κ2) is 9.09. The van der Waals surface area contributed by atoms with Crippen molar-refractivity contribution in [1.29, 1.82) is 0 Å². The van der Waals surface area contributed by atoms with E-state index in [4.69, 9.17) is 4.74 Å². The molecule has 1 aliphatic heterocycles. The summed E-state index contributed by atoms with van der Waals surface area (Å²) in [7, 11) is 1.33. The van der Waals surface area contributed by atoms with E-state index in [9.17, 15) is 9.59 Å². The zero-order valence-corrected chi connectivity index (χ0v) is 15.3.